The van der Waals surface area contributed by atoms with Gasteiger partial charge in [-0.2, -0.15) is 0 Å². The first kappa shape index (κ1) is 12.6. The van der Waals surface area contributed by atoms with Crippen LogP contribution in [-0.4, -0.2) is 23.5 Å². The highest BCUT2D eigenvalue weighted by Crippen LogP contribution is 2.45. The number of anilines is 1. The summed E-state index contributed by atoms with van der Waals surface area (Å²) in [5, 5.41) is 0. The van der Waals surface area contributed by atoms with Gasteiger partial charge in [0.2, 0.25) is 5.91 Å². The minimum absolute atomic E-state index is 0.183. The maximum Gasteiger partial charge on any atom is 0.234 e. The summed E-state index contributed by atoms with van der Waals surface area (Å²) in [5.74, 6) is 1.03. The lowest BCUT2D eigenvalue weighted by atomic mass is 9.71. The number of nitrogens with two attached hydrogens (primary N) is 1. The highest BCUT2D eigenvalue weighted by Gasteiger charge is 2.49. The van der Waals surface area contributed by atoms with Gasteiger partial charge in [0.1, 0.15) is 5.82 Å². The second-order valence-corrected chi connectivity index (χ2v) is 6.03. The molecule has 4 nitrogen and oxygen atoms in total. The van der Waals surface area contributed by atoms with Crippen LogP contribution in [0.15, 0.2) is 18.3 Å². The lowest BCUT2D eigenvalue weighted by Crippen LogP contribution is -2.42. The number of hydrogen-bond acceptors (Lipinski definition) is 3. The summed E-state index contributed by atoms with van der Waals surface area (Å²) < 4.78 is 0. The van der Waals surface area contributed by atoms with Gasteiger partial charge in [0.25, 0.3) is 0 Å². The van der Waals surface area contributed by atoms with E-state index < -0.39 is 0 Å². The molecule has 1 saturated carbocycles. The van der Waals surface area contributed by atoms with E-state index in [2.05, 4.69) is 4.98 Å². The van der Waals surface area contributed by atoms with Gasteiger partial charge in [-0.15, -0.1) is 0 Å². The Balaban J connectivity index is 1.86. The number of aryl methyl sites for hydroxylation is 1. The van der Waals surface area contributed by atoms with Gasteiger partial charge in [-0.25, -0.2) is 4.98 Å². The monoisotopic (exact) mass is 259 g/mol. The average Bonchev–Trinajstić information content (AvgIpc) is 2.67. The number of nitrogens with zero attached hydrogens (tertiary/aromatic N) is 2. The van der Waals surface area contributed by atoms with E-state index in [1.807, 2.05) is 24.0 Å². The third-order valence-corrected chi connectivity index (χ3v) is 4.57. The zero-order valence-electron chi connectivity index (χ0n) is 11.4. The second-order valence-electron chi connectivity index (χ2n) is 6.03. The summed E-state index contributed by atoms with van der Waals surface area (Å²) in [6.45, 7) is 2.81. The van der Waals surface area contributed by atoms with Crippen molar-refractivity contribution >= 4 is 11.7 Å². The van der Waals surface area contributed by atoms with Gasteiger partial charge < -0.3 is 5.73 Å². The standard InChI is InChI=1S/C15H21N3O/c1-11-4-7-17-13(9-11)18-8-6-15(14(18)19)5-2-3-12(16)10-15/h4,7,9,12H,2-3,5-6,8,10,16H2,1H3. The van der Waals surface area contributed by atoms with Crippen molar-refractivity contribution < 1.29 is 4.79 Å². The number of carbonyl (C=O) groups is 1. The number of rotatable bonds is 1. The first-order chi connectivity index (χ1) is 9.11. The fourth-order valence-electron chi connectivity index (χ4n) is 3.54. The van der Waals surface area contributed by atoms with Gasteiger partial charge in [0.05, 0.1) is 5.41 Å². The van der Waals surface area contributed by atoms with Gasteiger partial charge in [-0.05, 0) is 50.3 Å². The molecule has 0 aromatic carbocycles. The van der Waals surface area contributed by atoms with Crippen LogP contribution in [0.25, 0.3) is 0 Å². The van der Waals surface area contributed by atoms with E-state index in [1.54, 1.807) is 6.20 Å². The molecule has 19 heavy (non-hydrogen) atoms. The lowest BCUT2D eigenvalue weighted by molar-refractivity contribution is -0.127. The largest absolute Gasteiger partial charge is 0.328 e. The molecule has 2 unspecified atom stereocenters. The van der Waals surface area contributed by atoms with Gasteiger partial charge in [-0.1, -0.05) is 6.42 Å². The molecule has 2 fully saturated rings. The predicted molar refractivity (Wildman–Crippen MR) is 74.8 cm³/mol. The van der Waals surface area contributed by atoms with Crippen molar-refractivity contribution in [2.75, 3.05) is 11.4 Å². The Morgan fingerprint density at radius 2 is 2.32 bits per heavy atom. The summed E-state index contributed by atoms with van der Waals surface area (Å²) >= 11 is 0. The van der Waals surface area contributed by atoms with Crippen molar-refractivity contribution in [3.05, 3.63) is 23.9 Å². The van der Waals surface area contributed by atoms with Gasteiger partial charge in [-0.3, -0.25) is 9.69 Å². The Hall–Kier alpha value is -1.42. The van der Waals surface area contributed by atoms with Gasteiger partial charge in [0.15, 0.2) is 0 Å². The molecule has 3 rings (SSSR count). The molecule has 1 amide bonds. The molecule has 1 aliphatic heterocycles. The molecule has 2 N–H and O–H groups in total. The summed E-state index contributed by atoms with van der Waals surface area (Å²) in [7, 11) is 0. The van der Waals surface area contributed by atoms with Crippen molar-refractivity contribution in [3.8, 4) is 0 Å². The van der Waals surface area contributed by atoms with Crippen molar-refractivity contribution in [3.63, 3.8) is 0 Å². The van der Waals surface area contributed by atoms with Crippen molar-refractivity contribution in [2.45, 2.75) is 45.1 Å². The molecule has 2 heterocycles. The van der Waals surface area contributed by atoms with E-state index in [4.69, 9.17) is 5.73 Å². The Kier molecular flexibility index (Phi) is 3.05. The number of amides is 1. The fraction of sp³-hybridized carbons (Fsp3) is 0.600. The van der Waals surface area contributed by atoms with E-state index in [9.17, 15) is 4.79 Å². The van der Waals surface area contributed by atoms with Crippen LogP contribution in [0.3, 0.4) is 0 Å². The van der Waals surface area contributed by atoms with E-state index in [1.165, 1.54) is 0 Å². The first-order valence-electron chi connectivity index (χ1n) is 7.11. The van der Waals surface area contributed by atoms with Gasteiger partial charge >= 0.3 is 0 Å². The highest BCUT2D eigenvalue weighted by atomic mass is 16.2. The Labute approximate surface area is 114 Å². The Morgan fingerprint density at radius 1 is 1.47 bits per heavy atom. The van der Waals surface area contributed by atoms with Crippen LogP contribution in [0.1, 0.15) is 37.7 Å². The Bertz CT molecular complexity index is 502. The number of carbonyl (C=O) groups excluding carboxylic acids is 1. The van der Waals surface area contributed by atoms with E-state index >= 15 is 0 Å². The molecule has 4 heteroatoms. The van der Waals surface area contributed by atoms with Crippen molar-refractivity contribution in [2.24, 2.45) is 11.1 Å². The van der Waals surface area contributed by atoms with E-state index in [0.717, 1.165) is 50.0 Å². The molecule has 1 spiro atoms. The van der Waals surface area contributed by atoms with Gasteiger partial charge in [0, 0.05) is 18.8 Å². The summed E-state index contributed by atoms with van der Waals surface area (Å²) in [5.41, 5.74) is 7.01. The molecule has 2 aliphatic rings. The highest BCUT2D eigenvalue weighted by molar-refractivity contribution is 5.99. The Morgan fingerprint density at radius 3 is 3.05 bits per heavy atom. The quantitative estimate of drug-likeness (QED) is 0.839. The normalized spacial score (nSPS) is 31.2. The minimum Gasteiger partial charge on any atom is -0.328 e. The number of aromatic nitrogens is 1. The minimum atomic E-state index is -0.205. The lowest BCUT2D eigenvalue weighted by Gasteiger charge is -2.34. The zero-order valence-corrected chi connectivity index (χ0v) is 11.4. The van der Waals surface area contributed by atoms with E-state index in [0.29, 0.717) is 0 Å². The molecule has 1 saturated heterocycles. The third-order valence-electron chi connectivity index (χ3n) is 4.57. The molecule has 1 aromatic heterocycles. The molecule has 2 atom stereocenters. The van der Waals surface area contributed by atoms with Crippen LogP contribution >= 0.6 is 0 Å². The smallest absolute Gasteiger partial charge is 0.234 e. The average molecular weight is 259 g/mol. The molecular formula is C15H21N3O. The molecule has 1 aliphatic carbocycles. The van der Waals surface area contributed by atoms with E-state index in [-0.39, 0.29) is 17.4 Å². The summed E-state index contributed by atoms with van der Waals surface area (Å²) in [4.78, 5) is 19.0. The predicted octanol–water partition coefficient (Wildman–Crippen LogP) is 2.01. The first-order valence-corrected chi connectivity index (χ1v) is 7.11. The molecule has 0 radical (unpaired) electrons. The van der Waals surface area contributed by atoms with Crippen molar-refractivity contribution in [1.82, 2.24) is 4.98 Å². The third kappa shape index (κ3) is 2.14. The second kappa shape index (κ2) is 4.60. The molecule has 1 aromatic rings. The van der Waals surface area contributed by atoms with Crippen molar-refractivity contribution in [1.29, 1.82) is 0 Å². The SMILES string of the molecule is Cc1ccnc(N2CCC3(CCCC(N)C3)C2=O)c1. The van der Waals surface area contributed by atoms with Crippen LogP contribution in [0, 0.1) is 12.3 Å². The van der Waals surface area contributed by atoms with Crippen LogP contribution < -0.4 is 10.6 Å². The van der Waals surface area contributed by atoms with Crippen LogP contribution in [0.5, 0.6) is 0 Å². The number of hydrogen-bond donors (Lipinski definition) is 1. The molecular weight excluding hydrogens is 238 g/mol. The summed E-state index contributed by atoms with van der Waals surface area (Å²) in [6.07, 6.45) is 6.65. The van der Waals surface area contributed by atoms with Crippen LogP contribution in [0.2, 0.25) is 0 Å². The molecule has 0 bridgehead atoms. The molecule has 102 valence electrons. The van der Waals surface area contributed by atoms with Crippen LogP contribution in [-0.2, 0) is 4.79 Å². The topological polar surface area (TPSA) is 59.2 Å². The fourth-order valence-corrected chi connectivity index (χ4v) is 3.54. The maximum absolute atomic E-state index is 12.8. The maximum atomic E-state index is 12.8. The number of pyridine rings is 1. The zero-order chi connectivity index (χ0) is 13.5. The van der Waals surface area contributed by atoms with Crippen LogP contribution in [0.4, 0.5) is 5.82 Å². The summed E-state index contributed by atoms with van der Waals surface area (Å²) in [6, 6.07) is 4.12.